The Morgan fingerprint density at radius 2 is 2.08 bits per heavy atom. The number of halogens is 1. The molecule has 0 aliphatic carbocycles. The van der Waals surface area contributed by atoms with Crippen molar-refractivity contribution in [2.24, 2.45) is 0 Å². The maximum Gasteiger partial charge on any atom is 0.329 e. The molecule has 2 aromatic rings. The zero-order valence-corrected chi connectivity index (χ0v) is 15.0. The van der Waals surface area contributed by atoms with Crippen molar-refractivity contribution in [1.82, 2.24) is 0 Å². The average Bonchev–Trinajstić information content (AvgIpc) is 3.08. The quantitative estimate of drug-likeness (QED) is 0.349. The van der Waals surface area contributed by atoms with Crippen LogP contribution >= 0.6 is 22.9 Å². The Labute approximate surface area is 148 Å². The molecule has 3 rings (SSSR count). The van der Waals surface area contributed by atoms with E-state index in [1.165, 1.54) is 6.92 Å². The normalized spacial score (nSPS) is 16.0. The Morgan fingerprint density at radius 1 is 1.33 bits per heavy atom. The van der Waals surface area contributed by atoms with E-state index in [1.54, 1.807) is 36.5 Å². The molecule has 0 bridgehead atoms. The number of fused-ring (bicyclic) bond motifs is 1. The van der Waals surface area contributed by atoms with E-state index in [2.05, 4.69) is 0 Å². The van der Waals surface area contributed by atoms with Gasteiger partial charge < -0.3 is 9.47 Å². The second-order valence-corrected chi connectivity index (χ2v) is 7.11. The molecule has 0 saturated carbocycles. The summed E-state index contributed by atoms with van der Waals surface area (Å²) in [5.41, 5.74) is 2.15. The molecular formula is C18H15ClO4S. The summed E-state index contributed by atoms with van der Waals surface area (Å²) >= 11 is 7.26. The van der Waals surface area contributed by atoms with Crippen LogP contribution in [0.2, 0.25) is 0 Å². The number of benzene rings is 1. The minimum Gasteiger partial charge on any atom is -0.452 e. The van der Waals surface area contributed by atoms with Crippen molar-refractivity contribution in [2.75, 3.05) is 0 Å². The summed E-state index contributed by atoms with van der Waals surface area (Å²) in [6.45, 7) is 5.26. The molecule has 124 valence electrons. The summed E-state index contributed by atoms with van der Waals surface area (Å²) in [5, 5.41) is 1.21. The third kappa shape index (κ3) is 2.97. The fourth-order valence-corrected chi connectivity index (χ4v) is 3.21. The molecule has 1 aliphatic rings. The lowest BCUT2D eigenvalue weighted by atomic mass is 10.1. The van der Waals surface area contributed by atoms with Crippen molar-refractivity contribution in [2.45, 2.75) is 26.1 Å². The van der Waals surface area contributed by atoms with Crippen molar-refractivity contribution in [3.05, 3.63) is 50.9 Å². The number of allylic oxidation sites excluding steroid dienone is 1. The highest BCUT2D eigenvalue weighted by atomic mass is 35.5. The first-order valence-electron chi connectivity index (χ1n) is 7.36. The van der Waals surface area contributed by atoms with Crippen molar-refractivity contribution in [3.8, 4) is 11.5 Å². The van der Waals surface area contributed by atoms with Crippen molar-refractivity contribution >= 4 is 40.8 Å². The number of carbonyl (C=O) groups is 2. The minimum absolute atomic E-state index is 0.176. The molecule has 4 nitrogen and oxygen atoms in total. The number of carbonyl (C=O) groups excluding carboxylic acids is 2. The Hall–Kier alpha value is -2.11. The summed E-state index contributed by atoms with van der Waals surface area (Å²) in [5.74, 6) is 0.312. The third-order valence-electron chi connectivity index (χ3n) is 3.74. The van der Waals surface area contributed by atoms with Gasteiger partial charge in [0.15, 0.2) is 5.76 Å². The van der Waals surface area contributed by atoms with Crippen LogP contribution in [0.1, 0.15) is 33.3 Å². The van der Waals surface area contributed by atoms with Gasteiger partial charge in [-0.05, 0) is 49.9 Å². The topological polar surface area (TPSA) is 52.6 Å². The molecule has 0 amide bonds. The fraction of sp³-hybridized carbons (Fsp3) is 0.222. The molecule has 1 aromatic heterocycles. The SMILES string of the molecule is Cc1ccsc1/C=C1\Oc2c(ccc(OC(=O)C(C)Cl)c2C)C1=O. The van der Waals surface area contributed by atoms with Gasteiger partial charge in [-0.3, -0.25) is 9.59 Å². The number of thiophene rings is 1. The van der Waals surface area contributed by atoms with E-state index >= 15 is 0 Å². The lowest BCUT2D eigenvalue weighted by Crippen LogP contribution is -2.18. The molecular weight excluding hydrogens is 348 g/mol. The fourth-order valence-electron chi connectivity index (χ4n) is 2.32. The molecule has 1 unspecified atom stereocenters. The van der Waals surface area contributed by atoms with E-state index in [4.69, 9.17) is 21.1 Å². The van der Waals surface area contributed by atoms with E-state index < -0.39 is 11.3 Å². The van der Waals surface area contributed by atoms with Crippen LogP contribution in [-0.4, -0.2) is 17.1 Å². The van der Waals surface area contributed by atoms with Crippen molar-refractivity contribution in [3.63, 3.8) is 0 Å². The van der Waals surface area contributed by atoms with Gasteiger partial charge in [0.2, 0.25) is 5.78 Å². The van der Waals surface area contributed by atoms with Gasteiger partial charge in [-0.25, -0.2) is 0 Å². The second-order valence-electron chi connectivity index (χ2n) is 5.51. The first kappa shape index (κ1) is 16.7. The van der Waals surface area contributed by atoms with Gasteiger partial charge in [-0.15, -0.1) is 22.9 Å². The number of ketones is 1. The zero-order valence-electron chi connectivity index (χ0n) is 13.4. The number of ether oxygens (including phenoxy) is 2. The van der Waals surface area contributed by atoms with Crippen molar-refractivity contribution < 1.29 is 19.1 Å². The molecule has 1 aromatic carbocycles. The summed E-state index contributed by atoms with van der Waals surface area (Å²) in [6, 6.07) is 5.18. The summed E-state index contributed by atoms with van der Waals surface area (Å²) in [6.07, 6.45) is 1.74. The lowest BCUT2D eigenvalue weighted by molar-refractivity contribution is -0.133. The number of hydrogen-bond acceptors (Lipinski definition) is 5. The average molecular weight is 363 g/mol. The molecule has 0 radical (unpaired) electrons. The molecule has 1 atom stereocenters. The Bertz CT molecular complexity index is 864. The summed E-state index contributed by atoms with van der Waals surface area (Å²) < 4.78 is 11.0. The number of alkyl halides is 1. The Kier molecular flexibility index (Phi) is 4.47. The van der Waals surface area contributed by atoms with E-state index in [-0.39, 0.29) is 11.5 Å². The van der Waals surface area contributed by atoms with Gasteiger partial charge in [0.1, 0.15) is 16.9 Å². The number of aryl methyl sites for hydroxylation is 1. The van der Waals surface area contributed by atoms with E-state index in [0.717, 1.165) is 10.4 Å². The van der Waals surface area contributed by atoms with Gasteiger partial charge in [0, 0.05) is 16.5 Å². The standard InChI is InChI=1S/C18H15ClO4S/c1-9-6-7-24-15(9)8-14-16(20)12-4-5-13(10(2)17(12)22-14)23-18(21)11(3)19/h4-8,11H,1-3H3/b14-8-. The van der Waals surface area contributed by atoms with Gasteiger partial charge in [-0.1, -0.05) is 0 Å². The first-order valence-corrected chi connectivity index (χ1v) is 8.67. The van der Waals surface area contributed by atoms with Gasteiger partial charge >= 0.3 is 5.97 Å². The minimum atomic E-state index is -0.752. The van der Waals surface area contributed by atoms with Crippen LogP contribution < -0.4 is 9.47 Å². The molecule has 0 spiro atoms. The molecule has 1 aliphatic heterocycles. The third-order valence-corrected chi connectivity index (χ3v) is 4.88. The highest BCUT2D eigenvalue weighted by Crippen LogP contribution is 2.39. The summed E-state index contributed by atoms with van der Waals surface area (Å²) in [4.78, 5) is 25.2. The maximum absolute atomic E-state index is 12.5. The van der Waals surface area contributed by atoms with Crippen molar-refractivity contribution in [1.29, 1.82) is 0 Å². The molecule has 2 heterocycles. The predicted octanol–water partition coefficient (Wildman–Crippen LogP) is 4.51. The van der Waals surface area contributed by atoms with Crippen LogP contribution in [0.25, 0.3) is 6.08 Å². The van der Waals surface area contributed by atoms with Crippen LogP contribution in [0, 0.1) is 13.8 Å². The maximum atomic E-state index is 12.5. The molecule has 0 saturated heterocycles. The van der Waals surface area contributed by atoms with Crippen LogP contribution in [0.5, 0.6) is 11.5 Å². The van der Waals surface area contributed by atoms with Crippen LogP contribution in [0.3, 0.4) is 0 Å². The molecule has 0 N–H and O–H groups in total. The van der Waals surface area contributed by atoms with E-state index in [9.17, 15) is 9.59 Å². The molecule has 0 fully saturated rings. The lowest BCUT2D eigenvalue weighted by Gasteiger charge is -2.10. The van der Waals surface area contributed by atoms with Crippen LogP contribution in [0.15, 0.2) is 29.3 Å². The second kappa shape index (κ2) is 6.42. The first-order chi connectivity index (χ1) is 11.4. The molecule has 24 heavy (non-hydrogen) atoms. The van der Waals surface area contributed by atoms with Gasteiger partial charge in [0.25, 0.3) is 0 Å². The van der Waals surface area contributed by atoms with E-state index in [0.29, 0.717) is 22.6 Å². The zero-order chi connectivity index (χ0) is 17.4. The molecule has 6 heteroatoms. The monoisotopic (exact) mass is 362 g/mol. The highest BCUT2D eigenvalue weighted by molar-refractivity contribution is 7.11. The number of rotatable bonds is 3. The number of esters is 1. The van der Waals surface area contributed by atoms with Gasteiger partial charge in [-0.2, -0.15) is 0 Å². The number of hydrogen-bond donors (Lipinski definition) is 0. The smallest absolute Gasteiger partial charge is 0.329 e. The largest absolute Gasteiger partial charge is 0.452 e. The van der Waals surface area contributed by atoms with Crippen LogP contribution in [-0.2, 0) is 4.79 Å². The van der Waals surface area contributed by atoms with Crippen LogP contribution in [0.4, 0.5) is 0 Å². The Morgan fingerprint density at radius 3 is 2.71 bits per heavy atom. The van der Waals surface area contributed by atoms with Gasteiger partial charge in [0.05, 0.1) is 5.56 Å². The number of Topliss-reactive ketones (excluding diaryl/α,β-unsaturated/α-hetero) is 1. The Balaban J connectivity index is 1.94. The van der Waals surface area contributed by atoms with E-state index in [1.807, 2.05) is 18.4 Å². The summed E-state index contributed by atoms with van der Waals surface area (Å²) in [7, 11) is 0. The predicted molar refractivity (Wildman–Crippen MR) is 94.1 cm³/mol. The highest BCUT2D eigenvalue weighted by Gasteiger charge is 2.31.